The van der Waals surface area contributed by atoms with Crippen molar-refractivity contribution in [2.75, 3.05) is 6.54 Å². The van der Waals surface area contributed by atoms with Crippen molar-refractivity contribution in [3.63, 3.8) is 0 Å². The van der Waals surface area contributed by atoms with E-state index in [4.69, 9.17) is 0 Å². The maximum absolute atomic E-state index is 12.0. The van der Waals surface area contributed by atoms with Crippen LogP contribution in [0.3, 0.4) is 0 Å². The summed E-state index contributed by atoms with van der Waals surface area (Å²) in [7, 11) is 0. The second-order valence-corrected chi connectivity index (χ2v) is 5.53. The Balaban J connectivity index is 1.96. The van der Waals surface area contributed by atoms with Crippen LogP contribution in [0.1, 0.15) is 32.6 Å². The van der Waals surface area contributed by atoms with E-state index >= 15 is 0 Å². The molecule has 0 spiro atoms. The first kappa shape index (κ1) is 13.3. The van der Waals surface area contributed by atoms with Gasteiger partial charge in [0.2, 0.25) is 5.91 Å². The fourth-order valence-corrected chi connectivity index (χ4v) is 2.84. The monoisotopic (exact) mass is 256 g/mol. The molecule has 1 saturated carbocycles. The van der Waals surface area contributed by atoms with E-state index in [0.717, 1.165) is 6.42 Å². The number of hydrogen-bond donors (Lipinski definition) is 4. The van der Waals surface area contributed by atoms with Crippen LogP contribution in [0.2, 0.25) is 0 Å². The smallest absolute Gasteiger partial charge is 0.311 e. The van der Waals surface area contributed by atoms with E-state index in [1.54, 1.807) is 6.92 Å². The number of nitrogens with one attached hydrogen (secondary N) is 2. The molecule has 2 fully saturated rings. The topological polar surface area (TPSA) is 98.7 Å². The molecule has 0 aromatic rings. The van der Waals surface area contributed by atoms with Gasteiger partial charge < -0.3 is 20.8 Å². The standard InChI is InChI=1S/C12H20N2O4/c1-12(11(17)18)4-2-3-9(12)14-10(16)8-5-7(15)6-13-8/h7-9,13,15H,2-6H2,1H3,(H,14,16)(H,17,18). The number of aliphatic hydroxyl groups excluding tert-OH is 1. The molecule has 102 valence electrons. The maximum atomic E-state index is 12.0. The van der Waals surface area contributed by atoms with Gasteiger partial charge in [0.25, 0.3) is 0 Å². The lowest BCUT2D eigenvalue weighted by atomic mass is 9.85. The minimum Gasteiger partial charge on any atom is -0.481 e. The summed E-state index contributed by atoms with van der Waals surface area (Å²) in [6.45, 7) is 2.10. The second-order valence-electron chi connectivity index (χ2n) is 5.53. The molecular weight excluding hydrogens is 236 g/mol. The number of amides is 1. The summed E-state index contributed by atoms with van der Waals surface area (Å²) in [4.78, 5) is 23.3. The molecule has 2 rings (SSSR count). The zero-order chi connectivity index (χ0) is 13.3. The molecule has 4 unspecified atom stereocenters. The van der Waals surface area contributed by atoms with Gasteiger partial charge in [0, 0.05) is 12.6 Å². The Morgan fingerprint density at radius 2 is 2.17 bits per heavy atom. The maximum Gasteiger partial charge on any atom is 0.311 e. The number of aliphatic hydroxyl groups is 1. The molecular formula is C12H20N2O4. The van der Waals surface area contributed by atoms with Crippen LogP contribution in [0.15, 0.2) is 0 Å². The minimum atomic E-state index is -0.868. The van der Waals surface area contributed by atoms with Crippen molar-refractivity contribution < 1.29 is 19.8 Å². The number of carbonyl (C=O) groups excluding carboxylic acids is 1. The van der Waals surface area contributed by atoms with Gasteiger partial charge in [-0.15, -0.1) is 0 Å². The highest BCUT2D eigenvalue weighted by Gasteiger charge is 2.46. The predicted octanol–water partition coefficient (Wildman–Crippen LogP) is -0.531. The fraction of sp³-hybridized carbons (Fsp3) is 0.833. The Morgan fingerprint density at radius 1 is 1.44 bits per heavy atom. The summed E-state index contributed by atoms with van der Waals surface area (Å²) >= 11 is 0. The van der Waals surface area contributed by atoms with Gasteiger partial charge in [0.05, 0.1) is 17.6 Å². The van der Waals surface area contributed by atoms with Crippen LogP contribution in [-0.4, -0.2) is 46.8 Å². The molecule has 1 saturated heterocycles. The second kappa shape index (κ2) is 4.85. The molecule has 6 nitrogen and oxygen atoms in total. The van der Waals surface area contributed by atoms with E-state index < -0.39 is 23.5 Å². The normalized spacial score (nSPS) is 39.8. The number of aliphatic carboxylic acids is 1. The number of carboxylic acids is 1. The largest absolute Gasteiger partial charge is 0.481 e. The van der Waals surface area contributed by atoms with Gasteiger partial charge in [0.15, 0.2) is 0 Å². The van der Waals surface area contributed by atoms with E-state index in [1.807, 2.05) is 0 Å². The number of β-amino-alcohol motifs (C(OH)–C–C–N with tert-alkyl or cyclic N) is 1. The highest BCUT2D eigenvalue weighted by Crippen LogP contribution is 2.38. The fourth-order valence-electron chi connectivity index (χ4n) is 2.84. The van der Waals surface area contributed by atoms with Crippen molar-refractivity contribution in [2.45, 2.75) is 50.8 Å². The SMILES string of the molecule is CC1(C(=O)O)CCCC1NC(=O)C1CC(O)CN1. The Labute approximate surface area is 106 Å². The van der Waals surface area contributed by atoms with Crippen LogP contribution in [0.5, 0.6) is 0 Å². The minimum absolute atomic E-state index is 0.203. The van der Waals surface area contributed by atoms with Gasteiger partial charge in [-0.05, 0) is 26.2 Å². The van der Waals surface area contributed by atoms with E-state index in [1.165, 1.54) is 0 Å². The van der Waals surface area contributed by atoms with Gasteiger partial charge in [-0.3, -0.25) is 9.59 Å². The van der Waals surface area contributed by atoms with Crippen LogP contribution in [0, 0.1) is 5.41 Å². The van der Waals surface area contributed by atoms with Gasteiger partial charge in [-0.25, -0.2) is 0 Å². The molecule has 6 heteroatoms. The van der Waals surface area contributed by atoms with Crippen molar-refractivity contribution in [3.8, 4) is 0 Å². The molecule has 0 bridgehead atoms. The first-order valence-corrected chi connectivity index (χ1v) is 6.38. The lowest BCUT2D eigenvalue weighted by Gasteiger charge is -2.28. The summed E-state index contributed by atoms with van der Waals surface area (Å²) in [5.74, 6) is -1.06. The van der Waals surface area contributed by atoms with Gasteiger partial charge in [-0.1, -0.05) is 6.42 Å². The van der Waals surface area contributed by atoms with Crippen LogP contribution in [0.4, 0.5) is 0 Å². The molecule has 4 atom stereocenters. The summed E-state index contributed by atoms with van der Waals surface area (Å²) in [6, 6.07) is -0.722. The average molecular weight is 256 g/mol. The van der Waals surface area contributed by atoms with Crippen molar-refractivity contribution in [3.05, 3.63) is 0 Å². The lowest BCUT2D eigenvalue weighted by molar-refractivity contribution is -0.149. The number of hydrogen-bond acceptors (Lipinski definition) is 4. The van der Waals surface area contributed by atoms with E-state index in [2.05, 4.69) is 10.6 Å². The molecule has 0 aromatic heterocycles. The molecule has 0 radical (unpaired) electrons. The third-order valence-electron chi connectivity index (χ3n) is 4.19. The quantitative estimate of drug-likeness (QED) is 0.544. The first-order chi connectivity index (χ1) is 8.43. The number of rotatable bonds is 3. The highest BCUT2D eigenvalue weighted by molar-refractivity contribution is 5.84. The van der Waals surface area contributed by atoms with Gasteiger partial charge in [0.1, 0.15) is 0 Å². The Hall–Kier alpha value is -1.14. The summed E-state index contributed by atoms with van der Waals surface area (Å²) in [5, 5.41) is 24.4. The Morgan fingerprint density at radius 3 is 2.72 bits per heavy atom. The summed E-state index contributed by atoms with van der Waals surface area (Å²) < 4.78 is 0. The van der Waals surface area contributed by atoms with Crippen LogP contribution in [-0.2, 0) is 9.59 Å². The summed E-state index contributed by atoms with van der Waals surface area (Å²) in [5.41, 5.74) is -0.868. The van der Waals surface area contributed by atoms with E-state index in [-0.39, 0.29) is 11.9 Å². The van der Waals surface area contributed by atoms with Gasteiger partial charge >= 0.3 is 5.97 Å². The van der Waals surface area contributed by atoms with Gasteiger partial charge in [-0.2, -0.15) is 0 Å². The highest BCUT2D eigenvalue weighted by atomic mass is 16.4. The lowest BCUT2D eigenvalue weighted by Crippen LogP contribution is -2.51. The number of carbonyl (C=O) groups is 2. The van der Waals surface area contributed by atoms with Crippen molar-refractivity contribution in [1.82, 2.24) is 10.6 Å². The molecule has 1 heterocycles. The third kappa shape index (κ3) is 2.35. The molecule has 1 aliphatic carbocycles. The molecule has 0 aromatic carbocycles. The average Bonchev–Trinajstić information content (AvgIpc) is 2.87. The van der Waals surface area contributed by atoms with Crippen molar-refractivity contribution >= 4 is 11.9 Å². The Kier molecular flexibility index (Phi) is 3.59. The molecule has 1 amide bonds. The molecule has 4 N–H and O–H groups in total. The predicted molar refractivity (Wildman–Crippen MR) is 63.9 cm³/mol. The van der Waals surface area contributed by atoms with E-state index in [9.17, 15) is 19.8 Å². The molecule has 2 aliphatic rings. The number of carboxylic acid groups (broad SMARTS) is 1. The zero-order valence-corrected chi connectivity index (χ0v) is 10.5. The van der Waals surface area contributed by atoms with Crippen LogP contribution in [0.25, 0.3) is 0 Å². The third-order valence-corrected chi connectivity index (χ3v) is 4.19. The van der Waals surface area contributed by atoms with Crippen molar-refractivity contribution in [1.29, 1.82) is 0 Å². The summed E-state index contributed by atoms with van der Waals surface area (Å²) in [6.07, 6.45) is 2.00. The molecule has 1 aliphatic heterocycles. The first-order valence-electron chi connectivity index (χ1n) is 6.38. The Bertz CT molecular complexity index is 360. The van der Waals surface area contributed by atoms with E-state index in [0.29, 0.717) is 25.8 Å². The van der Waals surface area contributed by atoms with Crippen LogP contribution >= 0.6 is 0 Å². The van der Waals surface area contributed by atoms with Crippen molar-refractivity contribution in [2.24, 2.45) is 5.41 Å². The molecule has 18 heavy (non-hydrogen) atoms. The van der Waals surface area contributed by atoms with Crippen LogP contribution < -0.4 is 10.6 Å². The zero-order valence-electron chi connectivity index (χ0n) is 10.5.